The van der Waals surface area contributed by atoms with E-state index in [2.05, 4.69) is 17.6 Å². The van der Waals surface area contributed by atoms with Crippen LogP contribution in [0.1, 0.15) is 61.8 Å². The molecule has 0 saturated heterocycles. The topological polar surface area (TPSA) is 105 Å². The van der Waals surface area contributed by atoms with Crippen molar-refractivity contribution in [1.82, 2.24) is 10.2 Å². The number of carbonyl (C=O) groups excluding carboxylic acids is 4. The van der Waals surface area contributed by atoms with E-state index < -0.39 is 30.2 Å². The van der Waals surface area contributed by atoms with Gasteiger partial charge in [-0.05, 0) is 62.0 Å². The molecule has 1 unspecified atom stereocenters. The lowest BCUT2D eigenvalue weighted by Gasteiger charge is -2.18. The standard InChI is InChI=1S/C23H23N3O5S2/c1-3-31-22(30)18-15-9-8-12(2)10-16(15)33-19(18)25-23(32)24-17(27)11-26-20(28)13-6-4-5-7-14(13)21(26)29/h4-7,12H,3,8-11H2,1-2H3,(H2,24,25,27,32). The van der Waals surface area contributed by atoms with E-state index in [0.717, 1.165) is 34.6 Å². The predicted molar refractivity (Wildman–Crippen MR) is 128 cm³/mol. The van der Waals surface area contributed by atoms with Crippen molar-refractivity contribution in [2.24, 2.45) is 5.92 Å². The molecule has 2 heterocycles. The molecule has 2 aliphatic rings. The number of anilines is 1. The van der Waals surface area contributed by atoms with Crippen LogP contribution in [0.5, 0.6) is 0 Å². The molecule has 1 aromatic carbocycles. The molecule has 0 bridgehead atoms. The highest BCUT2D eigenvalue weighted by molar-refractivity contribution is 7.80. The minimum atomic E-state index is -0.616. The smallest absolute Gasteiger partial charge is 0.341 e. The largest absolute Gasteiger partial charge is 0.462 e. The number of hydrogen-bond donors (Lipinski definition) is 2. The summed E-state index contributed by atoms with van der Waals surface area (Å²) in [6.45, 7) is 3.71. The van der Waals surface area contributed by atoms with E-state index in [0.29, 0.717) is 16.5 Å². The highest BCUT2D eigenvalue weighted by Gasteiger charge is 2.36. The van der Waals surface area contributed by atoms with Crippen LogP contribution in [0.25, 0.3) is 0 Å². The quantitative estimate of drug-likeness (QED) is 0.381. The molecule has 8 nitrogen and oxygen atoms in total. The molecule has 2 N–H and O–H groups in total. The first kappa shape index (κ1) is 23.1. The molecule has 0 radical (unpaired) electrons. The number of nitrogens with zero attached hydrogens (tertiary/aromatic N) is 1. The van der Waals surface area contributed by atoms with Crippen LogP contribution >= 0.6 is 23.6 Å². The van der Waals surface area contributed by atoms with Crippen LogP contribution in [-0.2, 0) is 22.4 Å². The molecule has 1 aromatic heterocycles. The summed E-state index contributed by atoms with van der Waals surface area (Å²) < 4.78 is 5.24. The maximum absolute atomic E-state index is 12.6. The second-order valence-corrected chi connectivity index (χ2v) is 9.53. The van der Waals surface area contributed by atoms with Crippen LogP contribution in [0.15, 0.2) is 24.3 Å². The van der Waals surface area contributed by atoms with Gasteiger partial charge in [0, 0.05) is 4.88 Å². The van der Waals surface area contributed by atoms with E-state index in [9.17, 15) is 19.2 Å². The summed E-state index contributed by atoms with van der Waals surface area (Å²) in [6.07, 6.45) is 2.63. The molecule has 2 aromatic rings. The summed E-state index contributed by atoms with van der Waals surface area (Å²) >= 11 is 6.71. The summed E-state index contributed by atoms with van der Waals surface area (Å²) in [4.78, 5) is 52.1. The van der Waals surface area contributed by atoms with Crippen molar-refractivity contribution in [2.75, 3.05) is 18.5 Å². The Kier molecular flexibility index (Phi) is 6.57. The van der Waals surface area contributed by atoms with Gasteiger partial charge in [-0.1, -0.05) is 19.1 Å². The number of benzene rings is 1. The average molecular weight is 486 g/mol. The van der Waals surface area contributed by atoms with Gasteiger partial charge in [0.15, 0.2) is 5.11 Å². The lowest BCUT2D eigenvalue weighted by Crippen LogP contribution is -2.43. The van der Waals surface area contributed by atoms with Crippen molar-refractivity contribution in [3.8, 4) is 0 Å². The van der Waals surface area contributed by atoms with Gasteiger partial charge in [-0.15, -0.1) is 11.3 Å². The Morgan fingerprint density at radius 3 is 2.52 bits per heavy atom. The molecule has 0 fully saturated rings. The Hall–Kier alpha value is -3.11. The molecule has 33 heavy (non-hydrogen) atoms. The molecule has 10 heteroatoms. The number of fused-ring (bicyclic) bond motifs is 2. The van der Waals surface area contributed by atoms with E-state index in [-0.39, 0.29) is 22.8 Å². The SMILES string of the molecule is CCOC(=O)c1c(NC(=S)NC(=O)CN2C(=O)c3ccccc3C2=O)sc2c1CCC(C)C2. The number of rotatable bonds is 5. The lowest BCUT2D eigenvalue weighted by atomic mass is 9.88. The van der Waals surface area contributed by atoms with Gasteiger partial charge in [-0.2, -0.15) is 0 Å². The van der Waals surface area contributed by atoms with Crippen molar-refractivity contribution < 1.29 is 23.9 Å². The van der Waals surface area contributed by atoms with Crippen LogP contribution in [0, 0.1) is 5.92 Å². The fourth-order valence-corrected chi connectivity index (χ4v) is 5.77. The molecule has 172 valence electrons. The van der Waals surface area contributed by atoms with Crippen molar-refractivity contribution in [3.05, 3.63) is 51.4 Å². The number of thiophene rings is 1. The van der Waals surface area contributed by atoms with E-state index in [1.807, 2.05) is 0 Å². The van der Waals surface area contributed by atoms with Gasteiger partial charge in [-0.25, -0.2) is 4.79 Å². The van der Waals surface area contributed by atoms with Gasteiger partial charge in [0.05, 0.1) is 23.3 Å². The number of esters is 1. The Morgan fingerprint density at radius 2 is 1.88 bits per heavy atom. The zero-order valence-corrected chi connectivity index (χ0v) is 19.9. The number of thiocarbonyl (C=S) groups is 1. The molecular weight excluding hydrogens is 462 g/mol. The maximum atomic E-state index is 12.6. The Balaban J connectivity index is 1.45. The maximum Gasteiger partial charge on any atom is 0.341 e. The monoisotopic (exact) mass is 485 g/mol. The van der Waals surface area contributed by atoms with Gasteiger partial charge in [0.25, 0.3) is 11.8 Å². The van der Waals surface area contributed by atoms with Crippen LogP contribution < -0.4 is 10.6 Å². The summed E-state index contributed by atoms with van der Waals surface area (Å²) in [7, 11) is 0. The van der Waals surface area contributed by atoms with Gasteiger partial charge in [0.1, 0.15) is 11.5 Å². The second kappa shape index (κ2) is 9.40. The van der Waals surface area contributed by atoms with Crippen LogP contribution in [-0.4, -0.2) is 46.9 Å². The minimum absolute atomic E-state index is 0.0196. The summed E-state index contributed by atoms with van der Waals surface area (Å²) in [5, 5.41) is 5.95. The van der Waals surface area contributed by atoms with Gasteiger partial charge in [-0.3, -0.25) is 19.3 Å². The van der Waals surface area contributed by atoms with Crippen LogP contribution in [0.3, 0.4) is 0 Å². The summed E-state index contributed by atoms with van der Waals surface area (Å²) in [5.74, 6) is -1.56. The zero-order chi connectivity index (χ0) is 23.7. The molecule has 1 aliphatic carbocycles. The fourth-order valence-electron chi connectivity index (χ4n) is 4.08. The van der Waals surface area contributed by atoms with Crippen LogP contribution in [0.4, 0.5) is 5.00 Å². The average Bonchev–Trinajstić information content (AvgIpc) is 3.23. The van der Waals surface area contributed by atoms with Crippen molar-refractivity contribution in [2.45, 2.75) is 33.1 Å². The van der Waals surface area contributed by atoms with Gasteiger partial charge >= 0.3 is 5.97 Å². The first-order chi connectivity index (χ1) is 15.8. The van der Waals surface area contributed by atoms with Gasteiger partial charge < -0.3 is 15.4 Å². The van der Waals surface area contributed by atoms with E-state index in [4.69, 9.17) is 17.0 Å². The Labute approximate surface area is 200 Å². The highest BCUT2D eigenvalue weighted by Crippen LogP contribution is 2.40. The number of imide groups is 1. The normalized spacial score (nSPS) is 16.8. The third-order valence-electron chi connectivity index (χ3n) is 5.65. The Bertz CT molecular complexity index is 1140. The number of ether oxygens (including phenoxy) is 1. The highest BCUT2D eigenvalue weighted by atomic mass is 32.1. The third-order valence-corrected chi connectivity index (χ3v) is 7.03. The molecule has 3 amide bonds. The predicted octanol–water partition coefficient (Wildman–Crippen LogP) is 3.16. The second-order valence-electron chi connectivity index (χ2n) is 8.02. The first-order valence-corrected chi connectivity index (χ1v) is 11.9. The number of amides is 3. The molecule has 4 rings (SSSR count). The third kappa shape index (κ3) is 4.53. The minimum Gasteiger partial charge on any atom is -0.462 e. The summed E-state index contributed by atoms with van der Waals surface area (Å²) in [5.41, 5.74) is 1.97. The van der Waals surface area contributed by atoms with Crippen molar-refractivity contribution >= 4 is 57.4 Å². The molecule has 1 aliphatic heterocycles. The van der Waals surface area contributed by atoms with E-state index in [1.54, 1.807) is 31.2 Å². The van der Waals surface area contributed by atoms with E-state index in [1.165, 1.54) is 11.3 Å². The number of nitrogens with one attached hydrogen (secondary N) is 2. The zero-order valence-electron chi connectivity index (χ0n) is 18.2. The first-order valence-electron chi connectivity index (χ1n) is 10.7. The van der Waals surface area contributed by atoms with Crippen LogP contribution in [0.2, 0.25) is 0 Å². The molecule has 1 atom stereocenters. The lowest BCUT2D eigenvalue weighted by molar-refractivity contribution is -0.120. The number of hydrogen-bond acceptors (Lipinski definition) is 7. The molecular formula is C23H23N3O5S2. The number of carbonyl (C=O) groups is 4. The Morgan fingerprint density at radius 1 is 1.21 bits per heavy atom. The fraction of sp³-hybridized carbons (Fsp3) is 0.348. The van der Waals surface area contributed by atoms with E-state index >= 15 is 0 Å². The van der Waals surface area contributed by atoms with Crippen molar-refractivity contribution in [3.63, 3.8) is 0 Å². The molecule has 0 saturated carbocycles. The summed E-state index contributed by atoms with van der Waals surface area (Å²) in [6, 6.07) is 6.43. The molecule has 0 spiro atoms. The van der Waals surface area contributed by atoms with Crippen molar-refractivity contribution in [1.29, 1.82) is 0 Å². The van der Waals surface area contributed by atoms with Gasteiger partial charge in [0.2, 0.25) is 5.91 Å².